The van der Waals surface area contributed by atoms with Gasteiger partial charge in [-0.15, -0.1) is 0 Å². The summed E-state index contributed by atoms with van der Waals surface area (Å²) in [6.07, 6.45) is 8.73. The highest BCUT2D eigenvalue weighted by Gasteiger charge is 2.42. The molecule has 6 amide bonds. The number of aliphatic hydroxyl groups excluding tert-OH is 1. The van der Waals surface area contributed by atoms with E-state index in [1.807, 2.05) is 44.2 Å². The molecule has 56 heavy (non-hydrogen) atoms. The fourth-order valence-corrected chi connectivity index (χ4v) is 7.73. The fourth-order valence-electron chi connectivity index (χ4n) is 7.73. The molecular weight excluding hydrogens is 716 g/mol. The van der Waals surface area contributed by atoms with Gasteiger partial charge in [-0.1, -0.05) is 96.6 Å². The Labute approximate surface area is 330 Å². The third-order valence-corrected chi connectivity index (χ3v) is 11.3. The first kappa shape index (κ1) is 43.9. The van der Waals surface area contributed by atoms with Gasteiger partial charge in [0.1, 0.15) is 24.2 Å². The van der Waals surface area contributed by atoms with Crippen molar-refractivity contribution >= 4 is 35.4 Å². The van der Waals surface area contributed by atoms with Gasteiger partial charge in [-0.05, 0) is 49.0 Å². The van der Waals surface area contributed by atoms with Crippen LogP contribution >= 0.6 is 0 Å². The van der Waals surface area contributed by atoms with Gasteiger partial charge in [-0.3, -0.25) is 28.8 Å². The lowest BCUT2D eigenvalue weighted by molar-refractivity contribution is -0.148. The van der Waals surface area contributed by atoms with Crippen LogP contribution in [0.5, 0.6) is 0 Å². The number of carbonyl (C=O) groups excluding carboxylic acids is 6. The zero-order chi connectivity index (χ0) is 40.8. The van der Waals surface area contributed by atoms with E-state index in [-0.39, 0.29) is 43.0 Å². The Hall–Kier alpha value is -4.79. The van der Waals surface area contributed by atoms with Crippen LogP contribution in [-0.2, 0) is 41.6 Å². The second-order valence-electron chi connectivity index (χ2n) is 15.9. The number of carbonyl (C=O) groups is 6. The molecule has 8 N–H and O–H groups in total. The minimum atomic E-state index is -1.67. The van der Waals surface area contributed by atoms with Crippen molar-refractivity contribution in [2.45, 2.75) is 141 Å². The molecular formula is C41H62N8O7. The minimum Gasteiger partial charge on any atom is -0.381 e. The normalized spacial score (nSPS) is 19.2. The SMILES string of the molecule is CCC(C)[C@H](NC(=O)[C@@H]1CCCN1C(=O)[C@@H](O)[C@H](CC1CCCCC1)NC(=O)[C@H](Cc1cnc[nH]1)NC(=O)CCc1ccccc1)C(=O)N[C@H](C(N)=O)C(C)C. The molecule has 1 saturated heterocycles. The summed E-state index contributed by atoms with van der Waals surface area (Å²) in [6, 6.07) is 4.66. The van der Waals surface area contributed by atoms with Crippen molar-refractivity contribution in [3.8, 4) is 0 Å². The monoisotopic (exact) mass is 778 g/mol. The Morgan fingerprint density at radius 2 is 1.62 bits per heavy atom. The summed E-state index contributed by atoms with van der Waals surface area (Å²) >= 11 is 0. The van der Waals surface area contributed by atoms with E-state index in [0.717, 1.165) is 37.7 Å². The number of nitrogens with zero attached hydrogens (tertiary/aromatic N) is 2. The lowest BCUT2D eigenvalue weighted by Crippen LogP contribution is -2.60. The Morgan fingerprint density at radius 3 is 2.25 bits per heavy atom. The lowest BCUT2D eigenvalue weighted by Gasteiger charge is -2.34. The number of aliphatic hydroxyl groups is 1. The molecule has 1 aromatic carbocycles. The van der Waals surface area contributed by atoms with Crippen LogP contribution in [0.4, 0.5) is 0 Å². The average molecular weight is 779 g/mol. The van der Waals surface area contributed by atoms with E-state index in [0.29, 0.717) is 37.8 Å². The molecule has 4 rings (SSSR count). The number of benzene rings is 1. The van der Waals surface area contributed by atoms with Crippen molar-refractivity contribution in [1.29, 1.82) is 0 Å². The maximum atomic E-state index is 14.2. The smallest absolute Gasteiger partial charge is 0.254 e. The summed E-state index contributed by atoms with van der Waals surface area (Å²) in [7, 11) is 0. The average Bonchev–Trinajstić information content (AvgIpc) is 3.90. The van der Waals surface area contributed by atoms with Gasteiger partial charge in [0.25, 0.3) is 5.91 Å². The van der Waals surface area contributed by atoms with Crippen molar-refractivity contribution in [2.75, 3.05) is 6.54 Å². The van der Waals surface area contributed by atoms with E-state index < -0.39 is 65.8 Å². The van der Waals surface area contributed by atoms with Crippen LogP contribution in [-0.4, -0.2) is 98.3 Å². The number of aryl methyl sites for hydroxylation is 1. The van der Waals surface area contributed by atoms with Crippen LogP contribution in [0.3, 0.4) is 0 Å². The molecule has 1 aliphatic heterocycles. The molecule has 2 heterocycles. The van der Waals surface area contributed by atoms with E-state index >= 15 is 0 Å². The Morgan fingerprint density at radius 1 is 0.911 bits per heavy atom. The Balaban J connectivity index is 1.50. The molecule has 0 bridgehead atoms. The topological polar surface area (TPSA) is 229 Å². The highest BCUT2D eigenvalue weighted by Crippen LogP contribution is 2.29. The Kier molecular flexibility index (Phi) is 16.9. The molecule has 15 heteroatoms. The molecule has 0 radical (unpaired) electrons. The standard InChI is InChI=1S/C41H62N8O7/c1-5-26(4)35(40(55)47-34(25(2)3)37(42)52)48-39(54)32-17-12-20-49(32)41(56)36(51)30(21-28-15-10-7-11-16-28)46-38(53)31(22-29-23-43-24-44-29)45-33(50)19-18-27-13-8-6-9-14-27/h6,8-9,13-14,23-26,28,30-32,34-36,51H,5,7,10-12,15-22H2,1-4H3,(H2,42,52)(H,43,44)(H,45,50)(H,46,53)(H,47,55)(H,48,54)/t26?,30-,31-,32-,34-,35-,36-/m0/s1. The van der Waals surface area contributed by atoms with Gasteiger partial charge in [0, 0.05) is 31.3 Å². The highest BCUT2D eigenvalue weighted by molar-refractivity contribution is 5.95. The predicted molar refractivity (Wildman–Crippen MR) is 210 cm³/mol. The summed E-state index contributed by atoms with van der Waals surface area (Å²) < 4.78 is 0. The fraction of sp³-hybridized carbons (Fsp3) is 0.634. The molecule has 2 aromatic rings. The van der Waals surface area contributed by atoms with E-state index in [9.17, 15) is 33.9 Å². The molecule has 2 aliphatic rings. The second kappa shape index (κ2) is 21.5. The van der Waals surface area contributed by atoms with Crippen LogP contribution in [0.1, 0.15) is 103 Å². The summed E-state index contributed by atoms with van der Waals surface area (Å²) in [5.41, 5.74) is 7.14. The molecule has 1 saturated carbocycles. The number of hydrogen-bond donors (Lipinski definition) is 7. The maximum absolute atomic E-state index is 14.2. The summed E-state index contributed by atoms with van der Waals surface area (Å²) in [5.74, 6) is -3.76. The number of aromatic nitrogens is 2. The van der Waals surface area contributed by atoms with Gasteiger partial charge in [0.15, 0.2) is 6.10 Å². The van der Waals surface area contributed by atoms with E-state index in [1.54, 1.807) is 20.0 Å². The van der Waals surface area contributed by atoms with Crippen molar-refractivity contribution in [3.05, 3.63) is 54.1 Å². The number of H-pyrrole nitrogens is 1. The van der Waals surface area contributed by atoms with Gasteiger partial charge >= 0.3 is 0 Å². The zero-order valence-corrected chi connectivity index (χ0v) is 33.3. The van der Waals surface area contributed by atoms with E-state index in [1.165, 1.54) is 11.2 Å². The zero-order valence-electron chi connectivity index (χ0n) is 33.3. The van der Waals surface area contributed by atoms with Gasteiger partial charge in [0.05, 0.1) is 12.4 Å². The molecule has 1 aromatic heterocycles. The summed E-state index contributed by atoms with van der Waals surface area (Å²) in [4.78, 5) is 89.1. The van der Waals surface area contributed by atoms with Crippen molar-refractivity contribution in [2.24, 2.45) is 23.5 Å². The Bertz CT molecular complexity index is 1600. The number of nitrogens with one attached hydrogen (secondary N) is 5. The van der Waals surface area contributed by atoms with Crippen LogP contribution < -0.4 is 27.0 Å². The van der Waals surface area contributed by atoms with Crippen LogP contribution in [0, 0.1) is 17.8 Å². The van der Waals surface area contributed by atoms with Gasteiger partial charge in [-0.25, -0.2) is 4.98 Å². The number of imidazole rings is 1. The number of hydrogen-bond acceptors (Lipinski definition) is 8. The van der Waals surface area contributed by atoms with Crippen LogP contribution in [0.2, 0.25) is 0 Å². The largest absolute Gasteiger partial charge is 0.381 e. The predicted octanol–water partition coefficient (Wildman–Crippen LogP) is 2.03. The van der Waals surface area contributed by atoms with Crippen molar-refractivity contribution in [3.63, 3.8) is 0 Å². The molecule has 7 atom stereocenters. The number of primary amides is 1. The number of nitrogens with two attached hydrogens (primary N) is 1. The van der Waals surface area contributed by atoms with Crippen molar-refractivity contribution in [1.82, 2.24) is 36.1 Å². The summed E-state index contributed by atoms with van der Waals surface area (Å²) in [5, 5.41) is 23.1. The molecule has 1 unspecified atom stereocenters. The lowest BCUT2D eigenvalue weighted by atomic mass is 9.83. The number of aromatic amines is 1. The van der Waals surface area contributed by atoms with Crippen LogP contribution in [0.15, 0.2) is 42.9 Å². The first-order chi connectivity index (χ1) is 26.8. The third kappa shape index (κ3) is 12.6. The van der Waals surface area contributed by atoms with Crippen molar-refractivity contribution < 1.29 is 33.9 Å². The first-order valence-corrected chi connectivity index (χ1v) is 20.3. The molecule has 2 fully saturated rings. The first-order valence-electron chi connectivity index (χ1n) is 20.3. The molecule has 15 nitrogen and oxygen atoms in total. The molecule has 308 valence electrons. The van der Waals surface area contributed by atoms with E-state index in [4.69, 9.17) is 5.73 Å². The minimum absolute atomic E-state index is 0.111. The number of rotatable bonds is 20. The second-order valence-corrected chi connectivity index (χ2v) is 15.9. The van der Waals surface area contributed by atoms with E-state index in [2.05, 4.69) is 31.2 Å². The summed E-state index contributed by atoms with van der Waals surface area (Å²) in [6.45, 7) is 7.40. The van der Waals surface area contributed by atoms with Gasteiger partial charge in [0.2, 0.25) is 29.5 Å². The molecule has 0 spiro atoms. The maximum Gasteiger partial charge on any atom is 0.254 e. The van der Waals surface area contributed by atoms with Gasteiger partial charge < -0.3 is 42.0 Å². The number of amides is 6. The van der Waals surface area contributed by atoms with Crippen LogP contribution in [0.25, 0.3) is 0 Å². The number of likely N-dealkylation sites (tertiary alicyclic amines) is 1. The molecule has 1 aliphatic carbocycles. The van der Waals surface area contributed by atoms with Gasteiger partial charge in [-0.2, -0.15) is 0 Å². The third-order valence-electron chi connectivity index (χ3n) is 11.3. The quantitative estimate of drug-likeness (QED) is 0.105. The highest BCUT2D eigenvalue weighted by atomic mass is 16.3.